The first kappa shape index (κ1) is 20.3. The number of hydrogen-bond donors (Lipinski definition) is 3. The van der Waals surface area contributed by atoms with Gasteiger partial charge in [-0.3, -0.25) is 5.32 Å². The number of benzene rings is 1. The first-order chi connectivity index (χ1) is 15.5. The highest BCUT2D eigenvalue weighted by Crippen LogP contribution is 2.37. The first-order valence-electron chi connectivity index (χ1n) is 10.6. The maximum atomic E-state index is 12.3. The Morgan fingerprint density at radius 1 is 1.25 bits per heavy atom. The number of anilines is 3. The van der Waals surface area contributed by atoms with Gasteiger partial charge in [-0.25, -0.2) is 14.8 Å². The summed E-state index contributed by atoms with van der Waals surface area (Å²) in [6, 6.07) is 5.71. The molecular formula is C23H25N5O4. The summed E-state index contributed by atoms with van der Waals surface area (Å²) in [6.07, 6.45) is 2.64. The largest absolute Gasteiger partial charge is 0.474 e. The maximum Gasteiger partial charge on any atom is 0.413 e. The molecule has 2 unspecified atom stereocenters. The van der Waals surface area contributed by atoms with Gasteiger partial charge in [0.15, 0.2) is 0 Å². The molecule has 2 aliphatic rings. The van der Waals surface area contributed by atoms with E-state index in [9.17, 15) is 4.79 Å². The van der Waals surface area contributed by atoms with Gasteiger partial charge in [-0.1, -0.05) is 6.92 Å². The van der Waals surface area contributed by atoms with Crippen LogP contribution in [0.25, 0.3) is 21.9 Å². The molecule has 0 spiro atoms. The van der Waals surface area contributed by atoms with Gasteiger partial charge in [0.1, 0.15) is 24.2 Å². The second kappa shape index (κ2) is 8.16. The summed E-state index contributed by atoms with van der Waals surface area (Å²) in [4.78, 5) is 21.1. The second-order valence-electron chi connectivity index (χ2n) is 8.19. The van der Waals surface area contributed by atoms with E-state index in [0.29, 0.717) is 37.2 Å². The van der Waals surface area contributed by atoms with Crippen molar-refractivity contribution in [2.24, 2.45) is 5.92 Å². The van der Waals surface area contributed by atoms with Crippen LogP contribution >= 0.6 is 0 Å². The molecule has 4 heterocycles. The Morgan fingerprint density at radius 3 is 2.94 bits per heavy atom. The Morgan fingerprint density at radius 2 is 2.12 bits per heavy atom. The molecule has 1 fully saturated rings. The molecule has 4 N–H and O–H groups in total. The summed E-state index contributed by atoms with van der Waals surface area (Å²) in [5, 5.41) is 7.71. The van der Waals surface area contributed by atoms with Crippen molar-refractivity contribution in [3.8, 4) is 17.0 Å². The van der Waals surface area contributed by atoms with Gasteiger partial charge in [-0.05, 0) is 41.6 Å². The molecule has 5 rings (SSSR count). The minimum Gasteiger partial charge on any atom is -0.474 e. The summed E-state index contributed by atoms with van der Waals surface area (Å²) < 4.78 is 16.4. The first-order valence-corrected chi connectivity index (χ1v) is 10.6. The molecule has 0 bridgehead atoms. The molecular weight excluding hydrogens is 410 g/mol. The van der Waals surface area contributed by atoms with Crippen LogP contribution in [0.15, 0.2) is 30.6 Å². The highest BCUT2D eigenvalue weighted by molar-refractivity contribution is 5.99. The molecule has 1 amide bonds. The van der Waals surface area contributed by atoms with E-state index in [2.05, 4.69) is 20.6 Å². The SMILES string of the molecule is Cc1c(-c2cc(N)c3cnc(NC(=O)OC4COCC4C)cc3c2)cnc2c1NCCO2. The fraction of sp³-hybridized carbons (Fsp3) is 0.348. The molecule has 2 atom stereocenters. The highest BCUT2D eigenvalue weighted by atomic mass is 16.6. The van der Waals surface area contributed by atoms with Crippen LogP contribution < -0.4 is 21.1 Å². The monoisotopic (exact) mass is 435 g/mol. The van der Waals surface area contributed by atoms with E-state index in [1.165, 1.54) is 0 Å². The number of nitrogens with two attached hydrogens (primary N) is 1. The van der Waals surface area contributed by atoms with E-state index in [1.54, 1.807) is 18.5 Å². The van der Waals surface area contributed by atoms with Gasteiger partial charge < -0.3 is 25.3 Å². The Kier molecular flexibility index (Phi) is 5.18. The molecule has 32 heavy (non-hydrogen) atoms. The Bertz CT molecular complexity index is 1200. The Labute approximate surface area is 185 Å². The minimum atomic E-state index is -0.552. The fourth-order valence-corrected chi connectivity index (χ4v) is 4.09. The second-order valence-corrected chi connectivity index (χ2v) is 8.19. The standard InChI is InChI=1S/C23H25N5O4/c1-12-10-30-11-19(12)32-23(29)28-20-7-15-5-14(6-18(24)17(15)9-26-20)16-8-27-22-21(13(16)2)25-3-4-31-22/h5-9,12,19,25H,3-4,10-11,24H2,1-2H3,(H,26,28,29). The van der Waals surface area contributed by atoms with E-state index < -0.39 is 6.09 Å². The molecule has 1 saturated heterocycles. The summed E-state index contributed by atoms with van der Waals surface area (Å²) in [6.45, 7) is 6.35. The number of nitrogens with one attached hydrogen (secondary N) is 2. The molecule has 166 valence electrons. The lowest BCUT2D eigenvalue weighted by Crippen LogP contribution is -2.27. The van der Waals surface area contributed by atoms with E-state index in [1.807, 2.05) is 26.0 Å². The number of carbonyl (C=O) groups excluding carboxylic acids is 1. The van der Waals surface area contributed by atoms with Crippen molar-refractivity contribution < 1.29 is 19.0 Å². The third kappa shape index (κ3) is 3.75. The maximum absolute atomic E-state index is 12.3. The normalized spacial score (nSPS) is 19.7. The number of carbonyl (C=O) groups is 1. The van der Waals surface area contributed by atoms with Gasteiger partial charge in [0.2, 0.25) is 5.88 Å². The molecule has 9 nitrogen and oxygen atoms in total. The average Bonchev–Trinajstić information content (AvgIpc) is 3.18. The molecule has 3 aromatic rings. The van der Waals surface area contributed by atoms with Crippen LogP contribution in [0, 0.1) is 12.8 Å². The Balaban J connectivity index is 1.44. The smallest absolute Gasteiger partial charge is 0.413 e. The predicted molar refractivity (Wildman–Crippen MR) is 122 cm³/mol. The van der Waals surface area contributed by atoms with Gasteiger partial charge in [0.05, 0.1) is 13.2 Å². The Hall–Kier alpha value is -3.59. The molecule has 0 aliphatic carbocycles. The number of nitrogens with zero attached hydrogens (tertiary/aromatic N) is 2. The lowest BCUT2D eigenvalue weighted by Gasteiger charge is -2.21. The van der Waals surface area contributed by atoms with Gasteiger partial charge in [-0.2, -0.15) is 0 Å². The molecule has 2 aliphatic heterocycles. The molecule has 9 heteroatoms. The molecule has 1 aromatic carbocycles. The van der Waals surface area contributed by atoms with Gasteiger partial charge >= 0.3 is 6.09 Å². The lowest BCUT2D eigenvalue weighted by molar-refractivity contribution is 0.0843. The number of rotatable bonds is 3. The molecule has 0 radical (unpaired) electrons. The number of amides is 1. The van der Waals surface area contributed by atoms with Crippen LogP contribution in [0.5, 0.6) is 5.88 Å². The van der Waals surface area contributed by atoms with Crippen molar-refractivity contribution in [3.05, 3.63) is 36.2 Å². The van der Waals surface area contributed by atoms with Crippen LogP contribution in [0.1, 0.15) is 12.5 Å². The van der Waals surface area contributed by atoms with E-state index in [0.717, 1.165) is 39.7 Å². The molecule has 2 aromatic heterocycles. The van der Waals surface area contributed by atoms with E-state index >= 15 is 0 Å². The summed E-state index contributed by atoms with van der Waals surface area (Å²) >= 11 is 0. The highest BCUT2D eigenvalue weighted by Gasteiger charge is 2.28. The van der Waals surface area contributed by atoms with Crippen molar-refractivity contribution in [3.63, 3.8) is 0 Å². The number of pyridine rings is 2. The zero-order valence-electron chi connectivity index (χ0n) is 18.0. The van der Waals surface area contributed by atoms with Crippen molar-refractivity contribution >= 4 is 34.1 Å². The average molecular weight is 435 g/mol. The van der Waals surface area contributed by atoms with Crippen LogP contribution in [-0.2, 0) is 9.47 Å². The number of ether oxygens (including phenoxy) is 3. The summed E-state index contributed by atoms with van der Waals surface area (Å²) in [5.74, 6) is 1.17. The zero-order valence-corrected chi connectivity index (χ0v) is 18.0. The number of hydrogen-bond acceptors (Lipinski definition) is 8. The van der Waals surface area contributed by atoms with Crippen LogP contribution in [-0.4, -0.2) is 48.5 Å². The summed E-state index contributed by atoms with van der Waals surface area (Å²) in [7, 11) is 0. The minimum absolute atomic E-state index is 0.168. The third-order valence-corrected chi connectivity index (χ3v) is 5.91. The quantitative estimate of drug-likeness (QED) is 0.534. The van der Waals surface area contributed by atoms with Gasteiger partial charge in [0.25, 0.3) is 0 Å². The van der Waals surface area contributed by atoms with E-state index in [4.69, 9.17) is 19.9 Å². The van der Waals surface area contributed by atoms with Crippen molar-refractivity contribution in [2.45, 2.75) is 20.0 Å². The van der Waals surface area contributed by atoms with Crippen molar-refractivity contribution in [1.29, 1.82) is 0 Å². The fourth-order valence-electron chi connectivity index (χ4n) is 4.09. The molecule has 0 saturated carbocycles. The number of aromatic nitrogens is 2. The van der Waals surface area contributed by atoms with Gasteiger partial charge in [-0.15, -0.1) is 0 Å². The van der Waals surface area contributed by atoms with Crippen LogP contribution in [0.4, 0.5) is 22.0 Å². The third-order valence-electron chi connectivity index (χ3n) is 5.91. The number of nitrogen functional groups attached to an aromatic ring is 1. The van der Waals surface area contributed by atoms with Crippen molar-refractivity contribution in [2.75, 3.05) is 42.7 Å². The zero-order chi connectivity index (χ0) is 22.2. The predicted octanol–water partition coefficient (Wildman–Crippen LogP) is 3.58. The van der Waals surface area contributed by atoms with Crippen molar-refractivity contribution in [1.82, 2.24) is 9.97 Å². The van der Waals surface area contributed by atoms with E-state index in [-0.39, 0.29) is 12.0 Å². The summed E-state index contributed by atoms with van der Waals surface area (Å²) in [5.41, 5.74) is 10.7. The number of fused-ring (bicyclic) bond motifs is 2. The van der Waals surface area contributed by atoms with Crippen LogP contribution in [0.3, 0.4) is 0 Å². The van der Waals surface area contributed by atoms with Gasteiger partial charge in [0, 0.05) is 41.5 Å². The topological polar surface area (TPSA) is 121 Å². The van der Waals surface area contributed by atoms with Crippen LogP contribution in [0.2, 0.25) is 0 Å². The lowest BCUT2D eigenvalue weighted by atomic mass is 9.98.